The van der Waals surface area contributed by atoms with E-state index in [1.54, 1.807) is 17.5 Å². The number of rotatable bonds is 4. The minimum Gasteiger partial charge on any atom is -0.338 e. The second-order valence-corrected chi connectivity index (χ2v) is 7.75. The Bertz CT molecular complexity index is 1130. The minimum absolute atomic E-state index is 0.0827. The Hall–Kier alpha value is -3.17. The molecule has 1 saturated heterocycles. The molecule has 4 aromatic rings. The lowest BCUT2D eigenvalue weighted by Crippen LogP contribution is -2.48. The Morgan fingerprint density at radius 1 is 1.03 bits per heavy atom. The van der Waals surface area contributed by atoms with Crippen molar-refractivity contribution < 1.29 is 9.32 Å². The first-order chi connectivity index (χ1) is 14.3. The van der Waals surface area contributed by atoms with Gasteiger partial charge in [0.15, 0.2) is 0 Å². The van der Waals surface area contributed by atoms with Crippen LogP contribution < -0.4 is 0 Å². The SMILES string of the molecule is O=C(c1cnc2ccccc2n1)N1CCN(Cc2nc(-c3cccs3)no2)CC1. The summed E-state index contributed by atoms with van der Waals surface area (Å²) in [4.78, 5) is 31.1. The van der Waals surface area contributed by atoms with Crippen LogP contribution >= 0.6 is 11.3 Å². The maximum atomic E-state index is 12.8. The number of aromatic nitrogens is 4. The fourth-order valence-corrected chi connectivity index (χ4v) is 4.00. The number of benzene rings is 1. The van der Waals surface area contributed by atoms with E-state index in [0.717, 1.165) is 29.0 Å². The maximum absolute atomic E-state index is 12.8. The number of hydrogen-bond donors (Lipinski definition) is 0. The number of amides is 1. The zero-order valence-electron chi connectivity index (χ0n) is 15.6. The summed E-state index contributed by atoms with van der Waals surface area (Å²) in [6.45, 7) is 3.31. The first-order valence-corrected chi connectivity index (χ1v) is 10.2. The van der Waals surface area contributed by atoms with Crippen molar-refractivity contribution in [3.63, 3.8) is 0 Å². The second-order valence-electron chi connectivity index (χ2n) is 6.80. The Balaban J connectivity index is 1.20. The number of fused-ring (bicyclic) bond motifs is 1. The Morgan fingerprint density at radius 3 is 2.66 bits per heavy atom. The van der Waals surface area contributed by atoms with Crippen molar-refractivity contribution in [2.24, 2.45) is 0 Å². The third kappa shape index (κ3) is 3.74. The fraction of sp³-hybridized carbons (Fsp3) is 0.250. The van der Waals surface area contributed by atoms with Gasteiger partial charge in [0.25, 0.3) is 5.91 Å². The normalized spacial score (nSPS) is 15.1. The average Bonchev–Trinajstić information content (AvgIpc) is 3.45. The molecule has 0 spiro atoms. The molecule has 1 aromatic carbocycles. The summed E-state index contributed by atoms with van der Waals surface area (Å²) < 4.78 is 5.38. The van der Waals surface area contributed by atoms with Gasteiger partial charge in [0, 0.05) is 26.2 Å². The van der Waals surface area contributed by atoms with Gasteiger partial charge in [0.1, 0.15) is 5.69 Å². The lowest BCUT2D eigenvalue weighted by atomic mass is 10.2. The molecule has 0 unspecified atom stereocenters. The highest BCUT2D eigenvalue weighted by Crippen LogP contribution is 2.22. The van der Waals surface area contributed by atoms with E-state index in [4.69, 9.17) is 4.52 Å². The molecule has 0 atom stereocenters. The molecule has 0 N–H and O–H groups in total. The number of thiophene rings is 1. The highest BCUT2D eigenvalue weighted by molar-refractivity contribution is 7.13. The summed E-state index contributed by atoms with van der Waals surface area (Å²) >= 11 is 1.58. The van der Waals surface area contributed by atoms with Gasteiger partial charge in [0.05, 0.1) is 28.7 Å². The zero-order chi connectivity index (χ0) is 19.6. The number of nitrogens with zero attached hydrogens (tertiary/aromatic N) is 6. The van der Waals surface area contributed by atoms with Crippen LogP contribution in [0, 0.1) is 0 Å². The standard InChI is InChI=1S/C20H18N6O2S/c27-20(16-12-21-14-4-1-2-5-15(14)22-16)26-9-7-25(8-10-26)13-18-23-19(24-28-18)17-6-3-11-29-17/h1-6,11-12H,7-10,13H2. The van der Waals surface area contributed by atoms with Crippen LogP contribution in [-0.2, 0) is 6.54 Å². The Labute approximate surface area is 170 Å². The fourth-order valence-electron chi connectivity index (χ4n) is 3.35. The van der Waals surface area contributed by atoms with Gasteiger partial charge in [0.2, 0.25) is 11.7 Å². The van der Waals surface area contributed by atoms with Crippen molar-refractivity contribution in [3.8, 4) is 10.7 Å². The van der Waals surface area contributed by atoms with Crippen LogP contribution in [0.4, 0.5) is 0 Å². The van der Waals surface area contributed by atoms with E-state index in [0.29, 0.717) is 37.0 Å². The number of carbonyl (C=O) groups is 1. The van der Waals surface area contributed by atoms with Crippen LogP contribution in [0.1, 0.15) is 16.4 Å². The molecule has 1 fully saturated rings. The summed E-state index contributed by atoms with van der Waals surface area (Å²) in [5, 5.41) is 6.04. The molecule has 29 heavy (non-hydrogen) atoms. The molecule has 0 saturated carbocycles. The Morgan fingerprint density at radius 2 is 1.86 bits per heavy atom. The molecule has 146 valence electrons. The smallest absolute Gasteiger partial charge is 0.274 e. The van der Waals surface area contributed by atoms with Crippen molar-refractivity contribution in [1.82, 2.24) is 29.9 Å². The van der Waals surface area contributed by atoms with Crippen molar-refractivity contribution in [1.29, 1.82) is 0 Å². The number of hydrogen-bond acceptors (Lipinski definition) is 8. The zero-order valence-corrected chi connectivity index (χ0v) is 16.4. The van der Waals surface area contributed by atoms with Crippen molar-refractivity contribution in [2.45, 2.75) is 6.54 Å². The maximum Gasteiger partial charge on any atom is 0.274 e. The topological polar surface area (TPSA) is 88.3 Å². The quantitative estimate of drug-likeness (QED) is 0.515. The van der Waals surface area contributed by atoms with E-state index < -0.39 is 0 Å². The van der Waals surface area contributed by atoms with Crippen LogP contribution in [0.2, 0.25) is 0 Å². The predicted molar refractivity (Wildman–Crippen MR) is 108 cm³/mol. The van der Waals surface area contributed by atoms with E-state index in [1.807, 2.05) is 46.7 Å². The van der Waals surface area contributed by atoms with E-state index in [9.17, 15) is 4.79 Å². The molecule has 0 aliphatic carbocycles. The largest absolute Gasteiger partial charge is 0.338 e. The van der Waals surface area contributed by atoms with Gasteiger partial charge >= 0.3 is 0 Å². The van der Waals surface area contributed by atoms with Gasteiger partial charge in [-0.05, 0) is 23.6 Å². The van der Waals surface area contributed by atoms with Gasteiger partial charge in [-0.2, -0.15) is 4.98 Å². The van der Waals surface area contributed by atoms with Gasteiger partial charge in [-0.15, -0.1) is 11.3 Å². The number of para-hydroxylation sites is 2. The summed E-state index contributed by atoms with van der Waals surface area (Å²) in [5.41, 5.74) is 1.90. The minimum atomic E-state index is -0.0827. The molecule has 1 aliphatic rings. The van der Waals surface area contributed by atoms with Gasteiger partial charge in [-0.1, -0.05) is 23.4 Å². The molecule has 1 aliphatic heterocycles. The molecular formula is C20H18N6O2S. The first kappa shape index (κ1) is 17.9. The average molecular weight is 406 g/mol. The van der Waals surface area contributed by atoms with Crippen molar-refractivity contribution >= 4 is 28.3 Å². The monoisotopic (exact) mass is 406 g/mol. The van der Waals surface area contributed by atoms with Gasteiger partial charge in [-0.25, -0.2) is 4.98 Å². The second kappa shape index (κ2) is 7.69. The van der Waals surface area contributed by atoms with Crippen LogP contribution in [0.5, 0.6) is 0 Å². The summed E-state index contributed by atoms with van der Waals surface area (Å²) in [6, 6.07) is 11.5. The molecule has 4 heterocycles. The van der Waals surface area contributed by atoms with E-state index in [2.05, 4.69) is 25.0 Å². The molecular weight excluding hydrogens is 388 g/mol. The van der Waals surface area contributed by atoms with Crippen molar-refractivity contribution in [3.05, 3.63) is 59.6 Å². The highest BCUT2D eigenvalue weighted by atomic mass is 32.1. The van der Waals surface area contributed by atoms with Crippen LogP contribution in [0.15, 0.2) is 52.5 Å². The summed E-state index contributed by atoms with van der Waals surface area (Å²) in [5.74, 6) is 1.13. The van der Waals surface area contributed by atoms with Crippen molar-refractivity contribution in [2.75, 3.05) is 26.2 Å². The summed E-state index contributed by atoms with van der Waals surface area (Å²) in [6.07, 6.45) is 1.56. The molecule has 9 heteroatoms. The van der Waals surface area contributed by atoms with Crippen LogP contribution in [0.25, 0.3) is 21.7 Å². The van der Waals surface area contributed by atoms with Crippen LogP contribution in [0.3, 0.4) is 0 Å². The summed E-state index contributed by atoms with van der Waals surface area (Å²) in [7, 11) is 0. The third-order valence-corrected chi connectivity index (χ3v) is 5.76. The van der Waals surface area contributed by atoms with E-state index >= 15 is 0 Å². The lowest BCUT2D eigenvalue weighted by molar-refractivity contribution is 0.0609. The van der Waals surface area contributed by atoms with Gasteiger partial charge < -0.3 is 9.42 Å². The predicted octanol–water partition coefficient (Wildman–Crippen LogP) is 2.70. The number of carbonyl (C=O) groups excluding carboxylic acids is 1. The molecule has 1 amide bonds. The van der Waals surface area contributed by atoms with E-state index in [-0.39, 0.29) is 5.91 Å². The van der Waals surface area contributed by atoms with E-state index in [1.165, 1.54) is 0 Å². The number of piperazine rings is 1. The Kier molecular flexibility index (Phi) is 4.74. The highest BCUT2D eigenvalue weighted by Gasteiger charge is 2.24. The molecule has 5 rings (SSSR count). The van der Waals surface area contributed by atoms with Gasteiger partial charge in [-0.3, -0.25) is 14.7 Å². The molecule has 0 radical (unpaired) electrons. The third-order valence-electron chi connectivity index (χ3n) is 4.90. The first-order valence-electron chi connectivity index (χ1n) is 9.36. The molecule has 0 bridgehead atoms. The lowest BCUT2D eigenvalue weighted by Gasteiger charge is -2.33. The van der Waals surface area contributed by atoms with Crippen LogP contribution in [-0.4, -0.2) is 62.0 Å². The molecule has 8 nitrogen and oxygen atoms in total. The molecule has 3 aromatic heterocycles.